The molecule has 0 aliphatic carbocycles. The van der Waals surface area contributed by atoms with Crippen molar-refractivity contribution in [2.75, 3.05) is 19.7 Å². The molecular formula is C17H25N3O. The van der Waals surface area contributed by atoms with E-state index in [0.29, 0.717) is 0 Å². The predicted octanol–water partition coefficient (Wildman–Crippen LogP) is 2.58. The average Bonchev–Trinajstić information content (AvgIpc) is 3.12. The summed E-state index contributed by atoms with van der Waals surface area (Å²) in [6.45, 7) is 6.56. The second-order valence-electron chi connectivity index (χ2n) is 5.92. The van der Waals surface area contributed by atoms with E-state index < -0.39 is 0 Å². The minimum Gasteiger partial charge on any atom is -0.396 e. The van der Waals surface area contributed by atoms with E-state index in [0.717, 1.165) is 37.3 Å². The molecule has 0 saturated carbocycles. The number of likely N-dealkylation sites (tertiary alicyclic amines) is 1. The Morgan fingerprint density at radius 3 is 2.76 bits per heavy atom. The normalized spacial score (nSPS) is 16.1. The second-order valence-corrected chi connectivity index (χ2v) is 5.92. The van der Waals surface area contributed by atoms with Crippen molar-refractivity contribution in [3.8, 4) is 0 Å². The Labute approximate surface area is 126 Å². The molecule has 0 radical (unpaired) electrons. The van der Waals surface area contributed by atoms with E-state index in [1.54, 1.807) is 0 Å². The van der Waals surface area contributed by atoms with Gasteiger partial charge in [0.1, 0.15) is 5.82 Å². The molecule has 1 N–H and O–H groups in total. The van der Waals surface area contributed by atoms with Crippen molar-refractivity contribution in [3.05, 3.63) is 29.6 Å². The molecule has 1 aliphatic heterocycles. The van der Waals surface area contributed by atoms with Crippen LogP contribution in [0.25, 0.3) is 11.0 Å². The fraction of sp³-hybridized carbons (Fsp3) is 0.588. The van der Waals surface area contributed by atoms with E-state index in [4.69, 9.17) is 10.1 Å². The molecule has 0 unspecified atom stereocenters. The summed E-state index contributed by atoms with van der Waals surface area (Å²) in [5, 5.41) is 9.15. The number of aryl methyl sites for hydroxylation is 2. The van der Waals surface area contributed by atoms with Gasteiger partial charge in [-0.3, -0.25) is 4.90 Å². The minimum atomic E-state index is 0.232. The van der Waals surface area contributed by atoms with Gasteiger partial charge in [0.25, 0.3) is 0 Å². The monoisotopic (exact) mass is 287 g/mol. The highest BCUT2D eigenvalue weighted by atomic mass is 16.3. The van der Waals surface area contributed by atoms with Gasteiger partial charge in [-0.2, -0.15) is 0 Å². The predicted molar refractivity (Wildman–Crippen MR) is 85.3 cm³/mol. The summed E-state index contributed by atoms with van der Waals surface area (Å²) in [5.41, 5.74) is 3.64. The van der Waals surface area contributed by atoms with E-state index >= 15 is 0 Å². The lowest BCUT2D eigenvalue weighted by atomic mass is 10.1. The summed E-state index contributed by atoms with van der Waals surface area (Å²) in [6.07, 6.45) is 4.43. The van der Waals surface area contributed by atoms with Gasteiger partial charge in [0.15, 0.2) is 0 Å². The van der Waals surface area contributed by atoms with Crippen LogP contribution in [0.2, 0.25) is 0 Å². The van der Waals surface area contributed by atoms with E-state index in [9.17, 15) is 0 Å². The Kier molecular flexibility index (Phi) is 4.56. The highest BCUT2D eigenvalue weighted by molar-refractivity contribution is 5.77. The molecule has 1 fully saturated rings. The van der Waals surface area contributed by atoms with Crippen LogP contribution < -0.4 is 0 Å². The number of nitrogens with zero attached hydrogens (tertiary/aromatic N) is 3. The molecule has 0 spiro atoms. The van der Waals surface area contributed by atoms with Crippen molar-refractivity contribution >= 4 is 11.0 Å². The van der Waals surface area contributed by atoms with Crippen molar-refractivity contribution in [2.45, 2.75) is 45.7 Å². The Morgan fingerprint density at radius 1 is 1.24 bits per heavy atom. The molecule has 1 aliphatic rings. The molecule has 0 atom stereocenters. The maximum Gasteiger partial charge on any atom is 0.124 e. The first-order valence-corrected chi connectivity index (χ1v) is 8.13. The Bertz CT molecular complexity index is 599. The Hall–Kier alpha value is -1.39. The third-order valence-electron chi connectivity index (χ3n) is 4.40. The van der Waals surface area contributed by atoms with Gasteiger partial charge in [-0.05, 0) is 56.5 Å². The first-order valence-electron chi connectivity index (χ1n) is 8.13. The zero-order chi connectivity index (χ0) is 14.7. The van der Waals surface area contributed by atoms with Gasteiger partial charge in [-0.1, -0.05) is 13.0 Å². The van der Waals surface area contributed by atoms with Crippen LogP contribution in [0.1, 0.15) is 37.6 Å². The van der Waals surface area contributed by atoms with Crippen molar-refractivity contribution in [1.29, 1.82) is 0 Å². The molecule has 0 amide bonds. The quantitative estimate of drug-likeness (QED) is 0.888. The number of aliphatic hydroxyl groups excluding tert-OH is 1. The lowest BCUT2D eigenvalue weighted by Gasteiger charge is -2.15. The van der Waals surface area contributed by atoms with Crippen LogP contribution in [0.5, 0.6) is 0 Å². The number of rotatable bonds is 6. The number of aromatic nitrogens is 2. The molecule has 3 rings (SSSR count). The standard InChI is InChI=1S/C17H25N3O/c1-2-14-6-7-16-15(12-14)18-17(20(16)10-5-11-21)13-19-8-3-4-9-19/h6-7,12,21H,2-5,8-11,13H2,1H3. The van der Waals surface area contributed by atoms with Crippen LogP contribution in [0.3, 0.4) is 0 Å². The van der Waals surface area contributed by atoms with Crippen molar-refractivity contribution in [2.24, 2.45) is 0 Å². The lowest BCUT2D eigenvalue weighted by Crippen LogP contribution is -2.21. The van der Waals surface area contributed by atoms with Crippen LogP contribution in [-0.2, 0) is 19.5 Å². The number of fused-ring (bicyclic) bond motifs is 1. The number of hydrogen-bond acceptors (Lipinski definition) is 3. The maximum absolute atomic E-state index is 9.15. The molecule has 1 aromatic heterocycles. The molecule has 21 heavy (non-hydrogen) atoms. The van der Waals surface area contributed by atoms with Crippen LogP contribution in [0.4, 0.5) is 0 Å². The molecule has 0 bridgehead atoms. The van der Waals surface area contributed by atoms with Gasteiger partial charge in [-0.15, -0.1) is 0 Å². The zero-order valence-electron chi connectivity index (χ0n) is 12.9. The first-order chi connectivity index (χ1) is 10.3. The third kappa shape index (κ3) is 3.11. The highest BCUT2D eigenvalue weighted by Crippen LogP contribution is 2.21. The molecule has 4 nitrogen and oxygen atoms in total. The largest absolute Gasteiger partial charge is 0.396 e. The first kappa shape index (κ1) is 14.5. The highest BCUT2D eigenvalue weighted by Gasteiger charge is 2.17. The molecule has 2 heterocycles. The summed E-state index contributed by atoms with van der Waals surface area (Å²) < 4.78 is 2.29. The summed E-state index contributed by atoms with van der Waals surface area (Å²) in [5.74, 6) is 1.15. The van der Waals surface area contributed by atoms with Crippen LogP contribution in [-0.4, -0.2) is 39.3 Å². The second kappa shape index (κ2) is 6.58. The van der Waals surface area contributed by atoms with E-state index in [2.05, 4.69) is 34.6 Å². The molecule has 1 saturated heterocycles. The fourth-order valence-electron chi connectivity index (χ4n) is 3.18. The number of benzene rings is 1. The smallest absolute Gasteiger partial charge is 0.124 e. The minimum absolute atomic E-state index is 0.232. The Balaban J connectivity index is 1.94. The SMILES string of the molecule is CCc1ccc2c(c1)nc(CN1CCCC1)n2CCCO. The molecule has 114 valence electrons. The van der Waals surface area contributed by atoms with Gasteiger partial charge in [0.05, 0.1) is 17.6 Å². The number of imidazole rings is 1. The maximum atomic E-state index is 9.15. The molecule has 2 aromatic rings. The van der Waals surface area contributed by atoms with Gasteiger partial charge in [-0.25, -0.2) is 4.98 Å². The van der Waals surface area contributed by atoms with Gasteiger partial charge < -0.3 is 9.67 Å². The average molecular weight is 287 g/mol. The topological polar surface area (TPSA) is 41.3 Å². The van der Waals surface area contributed by atoms with Gasteiger partial charge in [0.2, 0.25) is 0 Å². The van der Waals surface area contributed by atoms with Crippen LogP contribution in [0, 0.1) is 0 Å². The molecule has 4 heteroatoms. The Morgan fingerprint density at radius 2 is 2.05 bits per heavy atom. The molecular weight excluding hydrogens is 262 g/mol. The summed E-state index contributed by atoms with van der Waals surface area (Å²) in [4.78, 5) is 7.36. The van der Waals surface area contributed by atoms with Crippen LogP contribution in [0.15, 0.2) is 18.2 Å². The van der Waals surface area contributed by atoms with Gasteiger partial charge >= 0.3 is 0 Å². The van der Waals surface area contributed by atoms with Crippen LogP contribution >= 0.6 is 0 Å². The van der Waals surface area contributed by atoms with Crippen molar-refractivity contribution in [1.82, 2.24) is 14.5 Å². The van der Waals surface area contributed by atoms with Crippen molar-refractivity contribution in [3.63, 3.8) is 0 Å². The number of aliphatic hydroxyl groups is 1. The van der Waals surface area contributed by atoms with Gasteiger partial charge in [0, 0.05) is 13.2 Å². The lowest BCUT2D eigenvalue weighted by molar-refractivity contribution is 0.276. The molecule has 1 aromatic carbocycles. The zero-order valence-corrected chi connectivity index (χ0v) is 12.9. The third-order valence-corrected chi connectivity index (χ3v) is 4.40. The van der Waals surface area contributed by atoms with E-state index in [-0.39, 0.29) is 6.61 Å². The van der Waals surface area contributed by atoms with Crippen molar-refractivity contribution < 1.29 is 5.11 Å². The fourth-order valence-corrected chi connectivity index (χ4v) is 3.18. The number of hydrogen-bond donors (Lipinski definition) is 1. The van der Waals surface area contributed by atoms with E-state index in [1.165, 1.54) is 37.0 Å². The van der Waals surface area contributed by atoms with E-state index in [1.807, 2.05) is 0 Å². The summed E-state index contributed by atoms with van der Waals surface area (Å²) in [6, 6.07) is 6.59. The summed E-state index contributed by atoms with van der Waals surface area (Å²) in [7, 11) is 0. The summed E-state index contributed by atoms with van der Waals surface area (Å²) >= 11 is 0.